The first kappa shape index (κ1) is 18.6. The number of nitrogens with two attached hydrogens (primary N) is 1. The minimum atomic E-state index is -0.240. The van der Waals surface area contributed by atoms with Gasteiger partial charge in [0, 0.05) is 41.3 Å². The second kappa shape index (κ2) is 7.14. The Morgan fingerprint density at radius 3 is 2.77 bits per heavy atom. The van der Waals surface area contributed by atoms with Crippen molar-refractivity contribution in [1.82, 2.24) is 14.5 Å². The summed E-state index contributed by atoms with van der Waals surface area (Å²) >= 11 is 0. The van der Waals surface area contributed by atoms with Crippen molar-refractivity contribution >= 4 is 39.1 Å². The average molecular weight is 409 g/mol. The summed E-state index contributed by atoms with van der Waals surface area (Å²) < 4.78 is 1.54. The second-order valence-electron chi connectivity index (χ2n) is 7.37. The van der Waals surface area contributed by atoms with Crippen molar-refractivity contribution in [3.63, 3.8) is 0 Å². The highest BCUT2D eigenvalue weighted by Crippen LogP contribution is 2.27. The van der Waals surface area contributed by atoms with Crippen LogP contribution in [0.3, 0.4) is 0 Å². The van der Waals surface area contributed by atoms with E-state index < -0.39 is 0 Å². The summed E-state index contributed by atoms with van der Waals surface area (Å²) in [6.45, 7) is 0. The number of hydrogen-bond acceptors (Lipinski definition) is 4. The number of carbonyl (C=O) groups excluding carboxylic acids is 1. The molecule has 31 heavy (non-hydrogen) atoms. The van der Waals surface area contributed by atoms with E-state index in [0.29, 0.717) is 22.5 Å². The number of H-pyrrole nitrogens is 1. The monoisotopic (exact) mass is 409 g/mol. The summed E-state index contributed by atoms with van der Waals surface area (Å²) in [6, 6.07) is 18.2. The summed E-state index contributed by atoms with van der Waals surface area (Å²) in [5.74, 6) is -0.240. The molecule has 0 saturated heterocycles. The maximum absolute atomic E-state index is 12.7. The van der Waals surface area contributed by atoms with Crippen LogP contribution in [0.1, 0.15) is 10.4 Å². The fourth-order valence-electron chi connectivity index (χ4n) is 3.70. The highest BCUT2D eigenvalue weighted by atomic mass is 16.1. The molecule has 0 saturated carbocycles. The second-order valence-corrected chi connectivity index (χ2v) is 7.37. The number of aromatic amines is 1. The third-order valence-electron chi connectivity index (χ3n) is 5.33. The van der Waals surface area contributed by atoms with Crippen LogP contribution in [0.4, 0.5) is 11.4 Å². The predicted octanol–water partition coefficient (Wildman–Crippen LogP) is 3.92. The third kappa shape index (κ3) is 3.22. The van der Waals surface area contributed by atoms with Gasteiger partial charge in [0.05, 0.1) is 22.6 Å². The minimum absolute atomic E-state index is 0.0840. The standard InChI is InChI=1S/C24H19N5O2/c1-29-13-17(16-10-11-26-22(16)24(29)31)20-9-6-14-12-15(7-8-19(14)27-20)23(30)28-21-5-3-2-4-18(21)25/h2-13,26H,25H2,1H3,(H,28,30). The highest BCUT2D eigenvalue weighted by molar-refractivity contribution is 6.07. The fraction of sp³-hybridized carbons (Fsp3) is 0.0417. The Morgan fingerprint density at radius 2 is 1.94 bits per heavy atom. The molecule has 5 rings (SSSR count). The molecule has 2 aromatic carbocycles. The van der Waals surface area contributed by atoms with E-state index in [1.165, 1.54) is 0 Å². The van der Waals surface area contributed by atoms with Crippen LogP contribution in [-0.4, -0.2) is 20.4 Å². The van der Waals surface area contributed by atoms with Gasteiger partial charge in [-0.05, 0) is 42.5 Å². The van der Waals surface area contributed by atoms with Gasteiger partial charge in [-0.1, -0.05) is 18.2 Å². The molecule has 152 valence electrons. The van der Waals surface area contributed by atoms with E-state index in [1.54, 1.807) is 48.3 Å². The molecule has 0 bridgehead atoms. The van der Waals surface area contributed by atoms with Crippen molar-refractivity contribution in [1.29, 1.82) is 0 Å². The van der Waals surface area contributed by atoms with E-state index in [9.17, 15) is 9.59 Å². The number of benzene rings is 2. The van der Waals surface area contributed by atoms with Gasteiger partial charge in [0.15, 0.2) is 0 Å². The molecular formula is C24H19N5O2. The number of fused-ring (bicyclic) bond motifs is 2. The molecular weight excluding hydrogens is 390 g/mol. The topological polar surface area (TPSA) is 106 Å². The molecule has 0 aliphatic rings. The number of nitrogens with zero attached hydrogens (tertiary/aromatic N) is 2. The smallest absolute Gasteiger partial charge is 0.274 e. The van der Waals surface area contributed by atoms with Crippen LogP contribution >= 0.6 is 0 Å². The van der Waals surface area contributed by atoms with Crippen molar-refractivity contribution in [2.75, 3.05) is 11.1 Å². The van der Waals surface area contributed by atoms with Crippen LogP contribution in [0.2, 0.25) is 0 Å². The number of nitrogens with one attached hydrogen (secondary N) is 2. The number of aromatic nitrogens is 3. The number of nitrogen functional groups attached to an aromatic ring is 1. The molecule has 0 aliphatic heterocycles. The SMILES string of the molecule is Cn1cc(-c2ccc3cc(C(=O)Nc4ccccc4N)ccc3n2)c2cc[nH]c2c1=O. The van der Waals surface area contributed by atoms with Crippen molar-refractivity contribution in [2.45, 2.75) is 0 Å². The van der Waals surface area contributed by atoms with E-state index in [0.717, 1.165) is 27.5 Å². The number of rotatable bonds is 3. The van der Waals surface area contributed by atoms with E-state index >= 15 is 0 Å². The van der Waals surface area contributed by atoms with Gasteiger partial charge in [-0.3, -0.25) is 9.59 Å². The molecule has 4 N–H and O–H groups in total. The third-order valence-corrected chi connectivity index (χ3v) is 5.33. The lowest BCUT2D eigenvalue weighted by Crippen LogP contribution is -2.16. The first-order chi connectivity index (χ1) is 15.0. The van der Waals surface area contributed by atoms with Crippen LogP contribution < -0.4 is 16.6 Å². The number of anilines is 2. The molecule has 7 heteroatoms. The van der Waals surface area contributed by atoms with E-state index in [2.05, 4.69) is 10.3 Å². The molecule has 3 aromatic heterocycles. The molecule has 7 nitrogen and oxygen atoms in total. The van der Waals surface area contributed by atoms with E-state index in [4.69, 9.17) is 10.7 Å². The zero-order chi connectivity index (χ0) is 21.5. The molecule has 0 spiro atoms. The molecule has 0 atom stereocenters. The summed E-state index contributed by atoms with van der Waals surface area (Å²) in [5.41, 5.74) is 10.3. The summed E-state index contributed by atoms with van der Waals surface area (Å²) in [7, 11) is 1.72. The van der Waals surface area contributed by atoms with Crippen molar-refractivity contribution in [3.05, 3.63) is 89.0 Å². The van der Waals surface area contributed by atoms with Gasteiger partial charge in [-0.15, -0.1) is 0 Å². The fourth-order valence-corrected chi connectivity index (χ4v) is 3.70. The first-order valence-corrected chi connectivity index (χ1v) is 9.75. The number of pyridine rings is 2. The Hall–Kier alpha value is -4.39. The Labute approximate surface area is 177 Å². The highest BCUT2D eigenvalue weighted by Gasteiger charge is 2.13. The quantitative estimate of drug-likeness (QED) is 0.393. The molecule has 0 radical (unpaired) electrons. The maximum Gasteiger partial charge on any atom is 0.274 e. The summed E-state index contributed by atoms with van der Waals surface area (Å²) in [4.78, 5) is 32.7. The zero-order valence-electron chi connectivity index (χ0n) is 16.7. The molecule has 1 amide bonds. The van der Waals surface area contributed by atoms with Gasteiger partial charge >= 0.3 is 0 Å². The van der Waals surface area contributed by atoms with Crippen molar-refractivity contribution < 1.29 is 4.79 Å². The Balaban J connectivity index is 1.52. The Kier molecular flexibility index (Phi) is 4.29. The number of para-hydroxylation sites is 2. The van der Waals surface area contributed by atoms with Gasteiger partial charge in [-0.25, -0.2) is 4.98 Å². The van der Waals surface area contributed by atoms with Crippen molar-refractivity contribution in [3.8, 4) is 11.3 Å². The predicted molar refractivity (Wildman–Crippen MR) is 123 cm³/mol. The van der Waals surface area contributed by atoms with Crippen LogP contribution in [0.5, 0.6) is 0 Å². The number of amides is 1. The van der Waals surface area contributed by atoms with Crippen LogP contribution in [0.25, 0.3) is 33.1 Å². The first-order valence-electron chi connectivity index (χ1n) is 9.75. The Bertz CT molecular complexity index is 1530. The molecule has 0 fully saturated rings. The normalized spacial score (nSPS) is 11.1. The molecule has 3 heterocycles. The van der Waals surface area contributed by atoms with Gasteiger partial charge in [0.25, 0.3) is 11.5 Å². The maximum atomic E-state index is 12.7. The lowest BCUT2D eigenvalue weighted by molar-refractivity contribution is 0.102. The van der Waals surface area contributed by atoms with Gasteiger partial charge in [-0.2, -0.15) is 0 Å². The zero-order valence-corrected chi connectivity index (χ0v) is 16.7. The lowest BCUT2D eigenvalue weighted by Gasteiger charge is -2.10. The van der Waals surface area contributed by atoms with Crippen LogP contribution in [0, 0.1) is 0 Å². The van der Waals surface area contributed by atoms with Crippen LogP contribution in [-0.2, 0) is 7.05 Å². The minimum Gasteiger partial charge on any atom is -0.397 e. The van der Waals surface area contributed by atoms with E-state index in [-0.39, 0.29) is 11.5 Å². The Morgan fingerprint density at radius 1 is 1.10 bits per heavy atom. The number of hydrogen-bond donors (Lipinski definition) is 3. The van der Waals surface area contributed by atoms with E-state index in [1.807, 2.05) is 36.4 Å². The summed E-state index contributed by atoms with van der Waals surface area (Å²) in [5, 5.41) is 4.50. The van der Waals surface area contributed by atoms with Gasteiger partial charge < -0.3 is 20.6 Å². The van der Waals surface area contributed by atoms with Gasteiger partial charge in [0.2, 0.25) is 0 Å². The molecule has 5 aromatic rings. The molecule has 0 aliphatic carbocycles. The summed E-state index contributed by atoms with van der Waals surface area (Å²) in [6.07, 6.45) is 3.54. The van der Waals surface area contributed by atoms with Gasteiger partial charge in [0.1, 0.15) is 5.52 Å². The largest absolute Gasteiger partial charge is 0.397 e. The lowest BCUT2D eigenvalue weighted by atomic mass is 10.1. The van der Waals surface area contributed by atoms with Crippen LogP contribution in [0.15, 0.2) is 77.9 Å². The number of aryl methyl sites for hydroxylation is 1. The molecule has 0 unspecified atom stereocenters. The average Bonchev–Trinajstić information content (AvgIpc) is 3.27. The van der Waals surface area contributed by atoms with Crippen molar-refractivity contribution in [2.24, 2.45) is 7.05 Å². The number of carbonyl (C=O) groups is 1.